The molecule has 2 aliphatic rings. The van der Waals surface area contributed by atoms with E-state index in [1.165, 1.54) is 38.8 Å². The van der Waals surface area contributed by atoms with Gasteiger partial charge in [0.05, 0.1) is 0 Å². The molecule has 0 aliphatic carbocycles. The van der Waals surface area contributed by atoms with Crippen molar-refractivity contribution in [3.63, 3.8) is 0 Å². The highest BCUT2D eigenvalue weighted by molar-refractivity contribution is 5.20. The third kappa shape index (κ3) is 4.45. The summed E-state index contributed by atoms with van der Waals surface area (Å²) in [7, 11) is 0. The number of ether oxygens (including phenoxy) is 1. The summed E-state index contributed by atoms with van der Waals surface area (Å²) in [6.45, 7) is 5.82. The lowest BCUT2D eigenvalue weighted by Crippen LogP contribution is -2.49. The zero-order chi connectivity index (χ0) is 15.2. The van der Waals surface area contributed by atoms with Gasteiger partial charge in [-0.2, -0.15) is 0 Å². The molecule has 0 radical (unpaired) electrons. The van der Waals surface area contributed by atoms with E-state index in [-0.39, 0.29) is 0 Å². The van der Waals surface area contributed by atoms with Crippen LogP contribution in [-0.2, 0) is 0 Å². The van der Waals surface area contributed by atoms with Crippen LogP contribution in [0.25, 0.3) is 0 Å². The zero-order valence-corrected chi connectivity index (χ0v) is 13.4. The van der Waals surface area contributed by atoms with Crippen molar-refractivity contribution in [2.24, 2.45) is 0 Å². The molecule has 2 fully saturated rings. The van der Waals surface area contributed by atoms with Crippen LogP contribution in [0.3, 0.4) is 0 Å². The molecule has 1 N–H and O–H groups in total. The van der Waals surface area contributed by atoms with Gasteiger partial charge in [-0.3, -0.25) is 9.80 Å². The van der Waals surface area contributed by atoms with Gasteiger partial charge in [-0.05, 0) is 57.5 Å². The Labute approximate surface area is 133 Å². The van der Waals surface area contributed by atoms with Gasteiger partial charge in [-0.15, -0.1) is 0 Å². The highest BCUT2D eigenvalue weighted by Crippen LogP contribution is 2.20. The Balaban J connectivity index is 1.41. The Hall–Kier alpha value is -1.10. The highest BCUT2D eigenvalue weighted by atomic mass is 16.5. The largest absolute Gasteiger partial charge is 0.491 e. The number of piperidine rings is 1. The first kappa shape index (κ1) is 15.8. The summed E-state index contributed by atoms with van der Waals surface area (Å²) >= 11 is 0. The number of hydrogen-bond acceptors (Lipinski definition) is 4. The van der Waals surface area contributed by atoms with Crippen LogP contribution in [-0.4, -0.2) is 66.4 Å². The van der Waals surface area contributed by atoms with Crippen LogP contribution in [0.1, 0.15) is 25.7 Å². The number of benzene rings is 1. The molecule has 1 aromatic rings. The number of rotatable bonds is 6. The molecule has 0 amide bonds. The summed E-state index contributed by atoms with van der Waals surface area (Å²) in [4.78, 5) is 5.05. The quantitative estimate of drug-likeness (QED) is 0.872. The van der Waals surface area contributed by atoms with Gasteiger partial charge in [0.15, 0.2) is 0 Å². The minimum atomic E-state index is -0.419. The topological polar surface area (TPSA) is 35.9 Å². The number of hydrogen-bond donors (Lipinski definition) is 1. The van der Waals surface area contributed by atoms with E-state index >= 15 is 0 Å². The first-order valence-corrected chi connectivity index (χ1v) is 8.63. The normalized spacial score (nSPS) is 25.2. The smallest absolute Gasteiger partial charge is 0.119 e. The predicted molar refractivity (Wildman–Crippen MR) is 88.2 cm³/mol. The van der Waals surface area contributed by atoms with Crippen LogP contribution in [0.4, 0.5) is 0 Å². The van der Waals surface area contributed by atoms with E-state index in [9.17, 15) is 5.11 Å². The Morgan fingerprint density at radius 3 is 2.64 bits per heavy atom. The van der Waals surface area contributed by atoms with Crippen LogP contribution in [0.2, 0.25) is 0 Å². The molecule has 4 heteroatoms. The number of likely N-dealkylation sites (tertiary alicyclic amines) is 2. The number of β-amino-alcohol motifs (C(OH)–C–C–N with tert-alkyl or cyclic N) is 1. The molecule has 0 spiro atoms. The van der Waals surface area contributed by atoms with E-state index < -0.39 is 6.10 Å². The van der Waals surface area contributed by atoms with E-state index in [1.54, 1.807) is 0 Å². The second-order valence-corrected chi connectivity index (χ2v) is 6.58. The lowest BCUT2D eigenvalue weighted by atomic mass is 10.0. The van der Waals surface area contributed by atoms with Crippen molar-refractivity contribution in [2.75, 3.05) is 39.3 Å². The summed E-state index contributed by atoms with van der Waals surface area (Å²) in [6.07, 6.45) is 4.84. The van der Waals surface area contributed by atoms with Crippen molar-refractivity contribution in [1.29, 1.82) is 0 Å². The Bertz CT molecular complexity index is 434. The maximum Gasteiger partial charge on any atom is 0.119 e. The lowest BCUT2D eigenvalue weighted by molar-refractivity contribution is 0.0416. The SMILES string of the molecule is O[C@H](COc1ccccc1)CN1CCC[C@H](N2CCCC2)C1. The van der Waals surface area contributed by atoms with E-state index in [4.69, 9.17) is 4.74 Å². The molecule has 0 bridgehead atoms. The summed E-state index contributed by atoms with van der Waals surface area (Å²) < 4.78 is 5.65. The van der Waals surface area contributed by atoms with Crippen molar-refractivity contribution >= 4 is 0 Å². The molecule has 2 atom stereocenters. The zero-order valence-electron chi connectivity index (χ0n) is 13.4. The highest BCUT2D eigenvalue weighted by Gasteiger charge is 2.27. The van der Waals surface area contributed by atoms with Gasteiger partial charge in [-0.25, -0.2) is 0 Å². The second kappa shape index (κ2) is 7.95. The van der Waals surface area contributed by atoms with Crippen molar-refractivity contribution in [2.45, 2.75) is 37.8 Å². The minimum absolute atomic E-state index is 0.370. The molecule has 0 aromatic heterocycles. The third-order valence-corrected chi connectivity index (χ3v) is 4.79. The molecule has 1 aromatic carbocycles. The Kier molecular flexibility index (Phi) is 5.70. The molecular weight excluding hydrogens is 276 g/mol. The molecule has 0 unspecified atom stereocenters. The molecule has 0 saturated carbocycles. The van der Waals surface area contributed by atoms with Crippen molar-refractivity contribution < 1.29 is 9.84 Å². The Morgan fingerprint density at radius 1 is 1.09 bits per heavy atom. The number of nitrogens with zero attached hydrogens (tertiary/aromatic N) is 2. The van der Waals surface area contributed by atoms with Crippen LogP contribution in [0.15, 0.2) is 30.3 Å². The van der Waals surface area contributed by atoms with E-state index in [0.29, 0.717) is 12.6 Å². The van der Waals surface area contributed by atoms with E-state index in [1.807, 2.05) is 30.3 Å². The maximum absolute atomic E-state index is 10.2. The van der Waals surface area contributed by atoms with Gasteiger partial charge >= 0.3 is 0 Å². The average molecular weight is 304 g/mol. The fourth-order valence-electron chi connectivity index (χ4n) is 3.66. The van der Waals surface area contributed by atoms with Crippen molar-refractivity contribution in [1.82, 2.24) is 9.80 Å². The fourth-order valence-corrected chi connectivity index (χ4v) is 3.66. The molecule has 2 heterocycles. The summed E-state index contributed by atoms with van der Waals surface area (Å²) in [5.74, 6) is 0.829. The summed E-state index contributed by atoms with van der Waals surface area (Å²) in [5.41, 5.74) is 0. The monoisotopic (exact) mass is 304 g/mol. The Morgan fingerprint density at radius 2 is 1.86 bits per heavy atom. The van der Waals surface area contributed by atoms with Gasteiger partial charge in [0, 0.05) is 19.1 Å². The first-order valence-electron chi connectivity index (χ1n) is 8.63. The van der Waals surface area contributed by atoms with Crippen LogP contribution < -0.4 is 4.74 Å². The lowest BCUT2D eigenvalue weighted by Gasteiger charge is -2.38. The second-order valence-electron chi connectivity index (χ2n) is 6.58. The summed E-state index contributed by atoms with van der Waals surface area (Å²) in [6, 6.07) is 10.4. The van der Waals surface area contributed by atoms with E-state index in [0.717, 1.165) is 25.4 Å². The van der Waals surface area contributed by atoms with Crippen LogP contribution in [0.5, 0.6) is 5.75 Å². The van der Waals surface area contributed by atoms with Crippen molar-refractivity contribution in [3.8, 4) is 5.75 Å². The van der Waals surface area contributed by atoms with Gasteiger partial charge in [0.1, 0.15) is 18.5 Å². The number of aliphatic hydroxyl groups is 1. The fraction of sp³-hybridized carbons (Fsp3) is 0.667. The van der Waals surface area contributed by atoms with Gasteiger partial charge < -0.3 is 9.84 Å². The van der Waals surface area contributed by atoms with Crippen LogP contribution >= 0.6 is 0 Å². The molecule has 2 aliphatic heterocycles. The molecule has 4 nitrogen and oxygen atoms in total. The summed E-state index contributed by atoms with van der Waals surface area (Å²) in [5, 5.41) is 10.2. The minimum Gasteiger partial charge on any atom is -0.491 e. The predicted octanol–water partition coefficient (Wildman–Crippen LogP) is 1.99. The maximum atomic E-state index is 10.2. The molecule has 122 valence electrons. The van der Waals surface area contributed by atoms with Gasteiger partial charge in [0.2, 0.25) is 0 Å². The van der Waals surface area contributed by atoms with Crippen molar-refractivity contribution in [3.05, 3.63) is 30.3 Å². The first-order chi connectivity index (χ1) is 10.8. The van der Waals surface area contributed by atoms with Crippen LogP contribution in [0, 0.1) is 0 Å². The molecule has 22 heavy (non-hydrogen) atoms. The number of aliphatic hydroxyl groups excluding tert-OH is 1. The van der Waals surface area contributed by atoms with Gasteiger partial charge in [-0.1, -0.05) is 18.2 Å². The molecule has 2 saturated heterocycles. The average Bonchev–Trinajstić information content (AvgIpc) is 3.09. The molecule has 3 rings (SSSR count). The molecular formula is C18H28N2O2. The standard InChI is InChI=1S/C18H28N2O2/c21-17(15-22-18-8-2-1-3-9-18)14-19-10-6-7-16(13-19)20-11-4-5-12-20/h1-3,8-9,16-17,21H,4-7,10-15H2/t16-,17-/m0/s1. The number of para-hydroxylation sites is 1. The van der Waals surface area contributed by atoms with Gasteiger partial charge in [0.25, 0.3) is 0 Å². The third-order valence-electron chi connectivity index (χ3n) is 4.79. The van der Waals surface area contributed by atoms with E-state index in [2.05, 4.69) is 9.80 Å².